The van der Waals surface area contributed by atoms with E-state index in [1.807, 2.05) is 35.0 Å². The van der Waals surface area contributed by atoms with Crippen LogP contribution < -0.4 is 15.5 Å². The first kappa shape index (κ1) is 26.8. The van der Waals surface area contributed by atoms with Crippen LogP contribution in [0.15, 0.2) is 42.5 Å². The molecule has 2 aromatic rings. The third kappa shape index (κ3) is 8.80. The molecule has 4 heteroatoms. The highest BCUT2D eigenvalue weighted by Gasteiger charge is 2.19. The number of hydrogen-bond donors (Lipinski definition) is 2. The third-order valence-corrected chi connectivity index (χ3v) is 4.62. The molecule has 2 N–H and O–H groups in total. The van der Waals surface area contributed by atoms with Crippen LogP contribution in [0.1, 0.15) is 45.2 Å². The molecular formula is C25H41N3O. The van der Waals surface area contributed by atoms with Crippen molar-refractivity contribution in [1.29, 1.82) is 0 Å². The van der Waals surface area contributed by atoms with Gasteiger partial charge in [-0.25, -0.2) is 0 Å². The molecule has 1 heterocycles. The summed E-state index contributed by atoms with van der Waals surface area (Å²) in [4.78, 5) is 11.2. The monoisotopic (exact) mass is 399 g/mol. The predicted molar refractivity (Wildman–Crippen MR) is 129 cm³/mol. The molecule has 3 rings (SSSR count). The minimum atomic E-state index is 0.643. The summed E-state index contributed by atoms with van der Waals surface area (Å²) in [5, 5.41) is 5.94. The molecule has 29 heavy (non-hydrogen) atoms. The average molecular weight is 400 g/mol. The van der Waals surface area contributed by atoms with Crippen LogP contribution in [0.3, 0.4) is 0 Å². The van der Waals surface area contributed by atoms with E-state index >= 15 is 0 Å². The van der Waals surface area contributed by atoms with Gasteiger partial charge in [0, 0.05) is 25.3 Å². The molecule has 1 atom stereocenters. The summed E-state index contributed by atoms with van der Waals surface area (Å²) in [6.45, 7) is 8.67. The largest absolute Gasteiger partial charge is 0.372 e. The minimum Gasteiger partial charge on any atom is -0.372 e. The summed E-state index contributed by atoms with van der Waals surface area (Å²) in [5.74, 6) is 0. The Balaban J connectivity index is 0.000000858. The summed E-state index contributed by atoms with van der Waals surface area (Å²) >= 11 is 0. The Labute approximate surface area is 178 Å². The van der Waals surface area contributed by atoms with Gasteiger partial charge in [0.25, 0.3) is 0 Å². The maximum absolute atomic E-state index is 8.81. The molecule has 4 nitrogen and oxygen atoms in total. The zero-order valence-electron chi connectivity index (χ0n) is 19.7. The molecule has 0 saturated heterocycles. The number of carbonyl (C=O) groups is 1. The Morgan fingerprint density at radius 1 is 1.03 bits per heavy atom. The lowest BCUT2D eigenvalue weighted by Crippen LogP contribution is -2.33. The van der Waals surface area contributed by atoms with E-state index in [-0.39, 0.29) is 0 Å². The maximum Gasteiger partial charge on any atom is 0.116 e. The van der Waals surface area contributed by atoms with Crippen molar-refractivity contribution in [3.8, 4) is 11.1 Å². The third-order valence-electron chi connectivity index (χ3n) is 4.62. The molecule has 0 fully saturated rings. The average Bonchev–Trinajstić information content (AvgIpc) is 2.74. The second kappa shape index (κ2) is 15.7. The SMILES string of the molecule is CC.CC=O.CNC.CNCc1ccc(-c2ccc3c(c2)CC[C@H](C)N3C)cc1. The number of nitrogens with one attached hydrogen (secondary N) is 2. The van der Waals surface area contributed by atoms with Crippen molar-refractivity contribution >= 4 is 12.0 Å². The van der Waals surface area contributed by atoms with Crippen molar-refractivity contribution < 1.29 is 4.79 Å². The first-order valence-corrected chi connectivity index (χ1v) is 10.6. The van der Waals surface area contributed by atoms with Crippen molar-refractivity contribution in [2.75, 3.05) is 33.1 Å². The Morgan fingerprint density at radius 3 is 2.07 bits per heavy atom. The van der Waals surface area contributed by atoms with E-state index in [2.05, 4.69) is 72.0 Å². The van der Waals surface area contributed by atoms with Gasteiger partial charge in [-0.2, -0.15) is 0 Å². The van der Waals surface area contributed by atoms with Gasteiger partial charge in [-0.3, -0.25) is 0 Å². The van der Waals surface area contributed by atoms with E-state index in [4.69, 9.17) is 4.79 Å². The quantitative estimate of drug-likeness (QED) is 0.720. The molecule has 1 aliphatic rings. The molecule has 0 saturated carbocycles. The fourth-order valence-corrected chi connectivity index (χ4v) is 3.12. The van der Waals surface area contributed by atoms with Crippen LogP contribution in [0.4, 0.5) is 5.69 Å². The molecular weight excluding hydrogens is 358 g/mol. The van der Waals surface area contributed by atoms with Crippen LogP contribution in [-0.2, 0) is 17.8 Å². The molecule has 0 spiro atoms. The summed E-state index contributed by atoms with van der Waals surface area (Å²) in [6.07, 6.45) is 3.18. The van der Waals surface area contributed by atoms with Gasteiger partial charge >= 0.3 is 0 Å². The molecule has 1 aliphatic heterocycles. The van der Waals surface area contributed by atoms with Crippen molar-refractivity contribution in [3.05, 3.63) is 53.6 Å². The van der Waals surface area contributed by atoms with Crippen molar-refractivity contribution in [2.24, 2.45) is 0 Å². The second-order valence-corrected chi connectivity index (χ2v) is 6.81. The van der Waals surface area contributed by atoms with Gasteiger partial charge in [-0.1, -0.05) is 44.2 Å². The van der Waals surface area contributed by atoms with Crippen molar-refractivity contribution in [2.45, 2.75) is 53.1 Å². The molecule has 162 valence electrons. The van der Waals surface area contributed by atoms with Crippen LogP contribution in [0.2, 0.25) is 0 Å². The number of nitrogens with zero attached hydrogens (tertiary/aromatic N) is 1. The van der Waals surface area contributed by atoms with Crippen LogP contribution in [0.25, 0.3) is 11.1 Å². The lowest BCUT2D eigenvalue weighted by atomic mass is 9.93. The van der Waals surface area contributed by atoms with Crippen LogP contribution >= 0.6 is 0 Å². The normalized spacial score (nSPS) is 14.1. The van der Waals surface area contributed by atoms with E-state index in [1.165, 1.54) is 47.7 Å². The van der Waals surface area contributed by atoms with E-state index in [0.29, 0.717) is 6.04 Å². The van der Waals surface area contributed by atoms with E-state index in [9.17, 15) is 0 Å². The zero-order chi connectivity index (χ0) is 22.2. The highest BCUT2D eigenvalue weighted by molar-refractivity contribution is 5.70. The summed E-state index contributed by atoms with van der Waals surface area (Å²) < 4.78 is 0. The lowest BCUT2D eigenvalue weighted by Gasteiger charge is -2.34. The highest BCUT2D eigenvalue weighted by Crippen LogP contribution is 2.33. The number of benzene rings is 2. The number of hydrogen-bond acceptors (Lipinski definition) is 4. The number of rotatable bonds is 3. The molecule has 0 amide bonds. The maximum atomic E-state index is 8.81. The Bertz CT molecular complexity index is 683. The number of carbonyl (C=O) groups excluding carboxylic acids is 1. The predicted octanol–water partition coefficient (Wildman–Crippen LogP) is 4.91. The lowest BCUT2D eigenvalue weighted by molar-refractivity contribution is -0.106. The molecule has 0 aromatic heterocycles. The zero-order valence-corrected chi connectivity index (χ0v) is 19.7. The minimum absolute atomic E-state index is 0.643. The number of fused-ring (bicyclic) bond motifs is 1. The van der Waals surface area contributed by atoms with Crippen molar-refractivity contribution in [3.63, 3.8) is 0 Å². The fourth-order valence-electron chi connectivity index (χ4n) is 3.12. The summed E-state index contributed by atoms with van der Waals surface area (Å²) in [6, 6.07) is 16.4. The van der Waals surface area contributed by atoms with E-state index in [1.54, 1.807) is 0 Å². The Morgan fingerprint density at radius 2 is 1.55 bits per heavy atom. The van der Waals surface area contributed by atoms with Gasteiger partial charge in [0.2, 0.25) is 0 Å². The molecule has 0 aliphatic carbocycles. The molecule has 0 bridgehead atoms. The second-order valence-electron chi connectivity index (χ2n) is 6.81. The molecule has 2 aromatic carbocycles. The topological polar surface area (TPSA) is 44.4 Å². The van der Waals surface area contributed by atoms with E-state index in [0.717, 1.165) is 12.8 Å². The number of anilines is 1. The first-order chi connectivity index (χ1) is 14.0. The first-order valence-electron chi connectivity index (χ1n) is 10.6. The van der Waals surface area contributed by atoms with Gasteiger partial charge in [-0.15, -0.1) is 0 Å². The van der Waals surface area contributed by atoms with E-state index < -0.39 is 0 Å². The smallest absolute Gasteiger partial charge is 0.116 e. The standard InChI is InChI=1S/C19H24N2.C2H7N.C2H4O.C2H6/c1-14-4-7-18-12-17(10-11-19(18)21(14)3)16-8-5-15(6-9-16)13-20-2;1-3-2;1-2-3;1-2/h5-6,8-12,14,20H,4,7,13H2,1-3H3;3H,1-2H3;2H,1H3;1-2H3/t14-;;;/m0.../s1. The fraction of sp³-hybridized carbons (Fsp3) is 0.480. The van der Waals surface area contributed by atoms with Crippen LogP contribution in [0, 0.1) is 0 Å². The van der Waals surface area contributed by atoms with Crippen molar-refractivity contribution in [1.82, 2.24) is 10.6 Å². The molecule has 0 unspecified atom stereocenters. The Hall–Kier alpha value is -2.17. The summed E-state index contributed by atoms with van der Waals surface area (Å²) in [7, 11) is 7.93. The van der Waals surface area contributed by atoms with Crippen LogP contribution in [0.5, 0.6) is 0 Å². The molecule has 0 radical (unpaired) electrons. The van der Waals surface area contributed by atoms with Crippen LogP contribution in [-0.4, -0.2) is 40.5 Å². The number of aldehydes is 1. The Kier molecular flexibility index (Phi) is 14.5. The number of aryl methyl sites for hydroxylation is 1. The highest BCUT2D eigenvalue weighted by atomic mass is 16.1. The van der Waals surface area contributed by atoms with Gasteiger partial charge in [-0.05, 0) is 82.2 Å². The van der Waals surface area contributed by atoms with Gasteiger partial charge in [0.15, 0.2) is 0 Å². The van der Waals surface area contributed by atoms with Gasteiger partial charge in [0.05, 0.1) is 0 Å². The summed E-state index contributed by atoms with van der Waals surface area (Å²) in [5.41, 5.74) is 6.83. The van der Waals surface area contributed by atoms with Gasteiger partial charge in [0.1, 0.15) is 6.29 Å². The van der Waals surface area contributed by atoms with Gasteiger partial charge < -0.3 is 20.3 Å².